The first-order chi connectivity index (χ1) is 13.3. The van der Waals surface area contributed by atoms with E-state index in [0.29, 0.717) is 0 Å². The van der Waals surface area contributed by atoms with E-state index >= 15 is 0 Å². The minimum atomic E-state index is -1.23. The summed E-state index contributed by atoms with van der Waals surface area (Å²) < 4.78 is 14.2. The zero-order chi connectivity index (χ0) is 21.1. The second-order valence-corrected chi connectivity index (χ2v) is 6.29. The van der Waals surface area contributed by atoms with Crippen LogP contribution in [0.4, 0.5) is 4.79 Å². The molecule has 0 aliphatic carbocycles. The maximum atomic E-state index is 12.6. The van der Waals surface area contributed by atoms with Crippen LogP contribution in [0.3, 0.4) is 0 Å². The fourth-order valence-electron chi connectivity index (χ4n) is 2.27. The van der Waals surface area contributed by atoms with Crippen LogP contribution < -0.4 is 10.6 Å². The number of hydrogen-bond acceptors (Lipinski definition) is 7. The summed E-state index contributed by atoms with van der Waals surface area (Å²) in [5, 5.41) is 4.88. The Balaban J connectivity index is 2.71. The van der Waals surface area contributed by atoms with Gasteiger partial charge in [0.25, 0.3) is 0 Å². The first-order valence-electron chi connectivity index (χ1n) is 8.70. The number of amides is 2. The molecule has 0 fully saturated rings. The van der Waals surface area contributed by atoms with E-state index in [1.807, 2.05) is 18.2 Å². The van der Waals surface area contributed by atoms with Gasteiger partial charge in [-0.05, 0) is 11.5 Å². The van der Waals surface area contributed by atoms with Crippen molar-refractivity contribution >= 4 is 23.9 Å². The van der Waals surface area contributed by atoms with Crippen LogP contribution in [-0.4, -0.2) is 50.2 Å². The number of benzene rings is 1. The minimum absolute atomic E-state index is 0.0479. The molecule has 1 aromatic rings. The molecule has 0 aromatic heterocycles. The Morgan fingerprint density at radius 1 is 0.964 bits per heavy atom. The average Bonchev–Trinajstić information content (AvgIpc) is 2.69. The molecule has 0 saturated heterocycles. The van der Waals surface area contributed by atoms with Gasteiger partial charge in [0.1, 0.15) is 18.7 Å². The van der Waals surface area contributed by atoms with E-state index in [-0.39, 0.29) is 12.5 Å². The molecule has 0 aliphatic rings. The maximum Gasteiger partial charge on any atom is 0.408 e. The highest BCUT2D eigenvalue weighted by molar-refractivity contribution is 5.91. The second kappa shape index (κ2) is 11.6. The first kappa shape index (κ1) is 22.9. The van der Waals surface area contributed by atoms with Crippen LogP contribution in [0.2, 0.25) is 0 Å². The average molecular weight is 394 g/mol. The Kier molecular flexibility index (Phi) is 9.49. The Labute approximate surface area is 163 Å². The number of hydrogen-bond donors (Lipinski definition) is 2. The predicted molar refractivity (Wildman–Crippen MR) is 99.0 cm³/mol. The molecule has 0 radical (unpaired) electrons. The molecule has 28 heavy (non-hydrogen) atoms. The Bertz CT molecular complexity index is 676. The lowest BCUT2D eigenvalue weighted by Gasteiger charge is -2.24. The Morgan fingerprint density at radius 2 is 1.61 bits per heavy atom. The van der Waals surface area contributed by atoms with Crippen LogP contribution in [0.1, 0.15) is 25.8 Å². The molecule has 0 unspecified atom stereocenters. The SMILES string of the molecule is COC(=O)C[C@@H](NC(=O)[C@@H](NC(=O)OCc1ccccc1)C(C)C)C(=O)OC. The lowest BCUT2D eigenvalue weighted by Crippen LogP contribution is -2.54. The molecule has 0 spiro atoms. The summed E-state index contributed by atoms with van der Waals surface area (Å²) in [7, 11) is 2.30. The molecular formula is C19H26N2O7. The van der Waals surface area contributed by atoms with Gasteiger partial charge in [-0.1, -0.05) is 44.2 Å². The summed E-state index contributed by atoms with van der Waals surface area (Å²) in [6.45, 7) is 3.48. The summed E-state index contributed by atoms with van der Waals surface area (Å²) in [5.74, 6) is -2.44. The number of ether oxygens (including phenoxy) is 3. The van der Waals surface area contributed by atoms with Gasteiger partial charge in [0.05, 0.1) is 20.6 Å². The van der Waals surface area contributed by atoms with Crippen molar-refractivity contribution in [2.45, 2.75) is 39.0 Å². The monoisotopic (exact) mass is 394 g/mol. The van der Waals surface area contributed by atoms with E-state index in [1.165, 1.54) is 7.11 Å². The highest BCUT2D eigenvalue weighted by Crippen LogP contribution is 2.06. The van der Waals surface area contributed by atoms with Gasteiger partial charge >= 0.3 is 18.0 Å². The molecule has 0 aliphatic heterocycles. The van der Waals surface area contributed by atoms with Crippen LogP contribution in [0.25, 0.3) is 0 Å². The molecule has 0 saturated carbocycles. The smallest absolute Gasteiger partial charge is 0.408 e. The van der Waals surface area contributed by atoms with E-state index in [1.54, 1.807) is 26.0 Å². The molecule has 0 heterocycles. The minimum Gasteiger partial charge on any atom is -0.469 e. The third kappa shape index (κ3) is 7.65. The molecule has 0 bridgehead atoms. The van der Waals surface area contributed by atoms with Crippen molar-refractivity contribution in [1.82, 2.24) is 10.6 Å². The van der Waals surface area contributed by atoms with E-state index in [4.69, 9.17) is 4.74 Å². The second-order valence-electron chi connectivity index (χ2n) is 6.29. The normalized spacial score (nSPS) is 12.5. The van der Waals surface area contributed by atoms with Crippen LogP contribution in [0.5, 0.6) is 0 Å². The van der Waals surface area contributed by atoms with Crippen molar-refractivity contribution in [2.24, 2.45) is 5.92 Å². The van der Waals surface area contributed by atoms with Crippen molar-refractivity contribution in [3.05, 3.63) is 35.9 Å². The van der Waals surface area contributed by atoms with Gasteiger partial charge in [-0.2, -0.15) is 0 Å². The van der Waals surface area contributed by atoms with Crippen molar-refractivity contribution in [1.29, 1.82) is 0 Å². The molecule has 2 amide bonds. The van der Waals surface area contributed by atoms with Gasteiger partial charge in [0.15, 0.2) is 0 Å². The van der Waals surface area contributed by atoms with E-state index in [9.17, 15) is 19.2 Å². The van der Waals surface area contributed by atoms with E-state index in [2.05, 4.69) is 20.1 Å². The predicted octanol–water partition coefficient (Wildman–Crippen LogP) is 1.16. The van der Waals surface area contributed by atoms with E-state index < -0.39 is 42.4 Å². The molecule has 2 N–H and O–H groups in total. The highest BCUT2D eigenvalue weighted by atomic mass is 16.5. The zero-order valence-corrected chi connectivity index (χ0v) is 16.4. The highest BCUT2D eigenvalue weighted by Gasteiger charge is 2.31. The summed E-state index contributed by atoms with van der Waals surface area (Å²) in [6, 6.07) is 6.86. The summed E-state index contributed by atoms with van der Waals surface area (Å²) in [6.07, 6.45) is -1.17. The Morgan fingerprint density at radius 3 is 2.14 bits per heavy atom. The van der Waals surface area contributed by atoms with Gasteiger partial charge in [-0.15, -0.1) is 0 Å². The van der Waals surface area contributed by atoms with Crippen molar-refractivity contribution in [3.8, 4) is 0 Å². The number of rotatable bonds is 9. The molecule has 1 aromatic carbocycles. The van der Waals surface area contributed by atoms with Crippen molar-refractivity contribution < 1.29 is 33.4 Å². The first-order valence-corrected chi connectivity index (χ1v) is 8.70. The largest absolute Gasteiger partial charge is 0.469 e. The van der Waals surface area contributed by atoms with Crippen LogP contribution >= 0.6 is 0 Å². The van der Waals surface area contributed by atoms with Gasteiger partial charge < -0.3 is 24.8 Å². The molecule has 1 rings (SSSR count). The number of esters is 2. The number of nitrogens with one attached hydrogen (secondary N) is 2. The summed E-state index contributed by atoms with van der Waals surface area (Å²) in [5.41, 5.74) is 0.798. The fraction of sp³-hybridized carbons (Fsp3) is 0.474. The standard InChI is InChI=1S/C19H26N2O7/c1-12(2)16(21-19(25)28-11-13-8-6-5-7-9-13)17(23)20-14(18(24)27-4)10-15(22)26-3/h5-9,12,14,16H,10-11H2,1-4H3,(H,20,23)(H,21,25)/t14-,16+/m1/s1. The van der Waals surface area contributed by atoms with Gasteiger partial charge in [-0.3, -0.25) is 9.59 Å². The van der Waals surface area contributed by atoms with Gasteiger partial charge in [-0.25, -0.2) is 9.59 Å². The number of carbonyl (C=O) groups excluding carboxylic acids is 4. The molecule has 154 valence electrons. The molecular weight excluding hydrogens is 368 g/mol. The molecule has 2 atom stereocenters. The summed E-state index contributed by atoms with van der Waals surface area (Å²) >= 11 is 0. The van der Waals surface area contributed by atoms with Crippen molar-refractivity contribution in [2.75, 3.05) is 14.2 Å². The molecule has 9 heteroatoms. The van der Waals surface area contributed by atoms with Crippen LogP contribution in [0, 0.1) is 5.92 Å². The van der Waals surface area contributed by atoms with Crippen molar-refractivity contribution in [3.63, 3.8) is 0 Å². The summed E-state index contributed by atoms with van der Waals surface area (Å²) in [4.78, 5) is 47.9. The fourth-order valence-corrected chi connectivity index (χ4v) is 2.27. The lowest BCUT2D eigenvalue weighted by atomic mass is 10.0. The van der Waals surface area contributed by atoms with Gasteiger partial charge in [0, 0.05) is 0 Å². The lowest BCUT2D eigenvalue weighted by molar-refractivity contribution is -0.151. The third-order valence-corrected chi connectivity index (χ3v) is 3.84. The zero-order valence-electron chi connectivity index (χ0n) is 16.4. The van der Waals surface area contributed by atoms with E-state index in [0.717, 1.165) is 12.7 Å². The van der Waals surface area contributed by atoms with Gasteiger partial charge in [0.2, 0.25) is 5.91 Å². The number of carbonyl (C=O) groups is 4. The van der Waals surface area contributed by atoms with Crippen LogP contribution in [-0.2, 0) is 35.2 Å². The number of alkyl carbamates (subject to hydrolysis) is 1. The number of methoxy groups -OCH3 is 2. The maximum absolute atomic E-state index is 12.6. The third-order valence-electron chi connectivity index (χ3n) is 3.84. The van der Waals surface area contributed by atoms with Crippen LogP contribution in [0.15, 0.2) is 30.3 Å². The Hall–Kier alpha value is -3.10. The molecule has 9 nitrogen and oxygen atoms in total. The quantitative estimate of drug-likeness (QED) is 0.476. The topological polar surface area (TPSA) is 120 Å².